The molecule has 0 N–H and O–H groups in total. The van der Waals surface area contributed by atoms with Crippen LogP contribution >= 0.6 is 0 Å². The number of furan rings is 1. The van der Waals surface area contributed by atoms with E-state index in [1.165, 1.54) is 0 Å². The summed E-state index contributed by atoms with van der Waals surface area (Å²) < 4.78 is 17.0. The van der Waals surface area contributed by atoms with Crippen molar-refractivity contribution < 1.29 is 23.5 Å². The number of rotatable bonds is 7. The van der Waals surface area contributed by atoms with Crippen LogP contribution in [-0.4, -0.2) is 61.0 Å². The van der Waals surface area contributed by atoms with E-state index in [4.69, 9.17) is 13.9 Å². The Balaban J connectivity index is 1.78. The normalized spacial score (nSPS) is 17.2. The van der Waals surface area contributed by atoms with Crippen molar-refractivity contribution in [2.75, 3.05) is 33.3 Å². The first-order chi connectivity index (χ1) is 14.8. The third-order valence-electron chi connectivity index (χ3n) is 5.29. The molecule has 1 fully saturated rings. The molecule has 0 aliphatic carbocycles. The number of benzene rings is 1. The number of ether oxygens (including phenoxy) is 2. The summed E-state index contributed by atoms with van der Waals surface area (Å²) in [6, 6.07) is 9.42. The number of aryl methyl sites for hydroxylation is 2. The van der Waals surface area contributed by atoms with Crippen LogP contribution in [0.5, 0.6) is 5.75 Å². The second-order valence-corrected chi connectivity index (χ2v) is 8.49. The molecule has 0 spiro atoms. The summed E-state index contributed by atoms with van der Waals surface area (Å²) in [4.78, 5) is 29.5. The van der Waals surface area contributed by atoms with Crippen LogP contribution in [-0.2, 0) is 16.1 Å². The molecule has 1 aliphatic heterocycles. The second-order valence-electron chi connectivity index (χ2n) is 8.49. The molecule has 7 heteroatoms. The molecule has 1 atom stereocenters. The van der Waals surface area contributed by atoms with Gasteiger partial charge < -0.3 is 23.7 Å². The van der Waals surface area contributed by atoms with Crippen molar-refractivity contribution in [3.8, 4) is 5.75 Å². The maximum atomic E-state index is 13.2. The number of nitrogens with zero attached hydrogens (tertiary/aromatic N) is 2. The van der Waals surface area contributed by atoms with Crippen molar-refractivity contribution in [2.24, 2.45) is 5.92 Å². The summed E-state index contributed by atoms with van der Waals surface area (Å²) in [7, 11) is 1.63. The first-order valence-corrected chi connectivity index (χ1v) is 10.7. The largest absolute Gasteiger partial charge is 0.497 e. The number of carbonyl (C=O) groups is 2. The van der Waals surface area contributed by atoms with E-state index in [0.717, 1.165) is 11.3 Å². The molecule has 0 radical (unpaired) electrons. The number of hydrogen-bond donors (Lipinski definition) is 0. The van der Waals surface area contributed by atoms with Gasteiger partial charge in [-0.1, -0.05) is 26.0 Å². The van der Waals surface area contributed by atoms with Crippen LogP contribution in [0.4, 0.5) is 0 Å². The van der Waals surface area contributed by atoms with Gasteiger partial charge in [-0.3, -0.25) is 9.59 Å². The fourth-order valence-electron chi connectivity index (χ4n) is 3.85. The van der Waals surface area contributed by atoms with E-state index < -0.39 is 0 Å². The van der Waals surface area contributed by atoms with Crippen molar-refractivity contribution in [3.63, 3.8) is 0 Å². The van der Waals surface area contributed by atoms with Crippen LogP contribution in [0.1, 0.15) is 41.3 Å². The van der Waals surface area contributed by atoms with Gasteiger partial charge in [0.25, 0.3) is 5.91 Å². The van der Waals surface area contributed by atoms with Gasteiger partial charge >= 0.3 is 0 Å². The predicted octanol–water partition coefficient (Wildman–Crippen LogP) is 3.43. The van der Waals surface area contributed by atoms with Gasteiger partial charge in [0.05, 0.1) is 25.4 Å². The van der Waals surface area contributed by atoms with Gasteiger partial charge in [0, 0.05) is 19.6 Å². The van der Waals surface area contributed by atoms with Crippen LogP contribution in [0.15, 0.2) is 34.7 Å². The van der Waals surface area contributed by atoms with Gasteiger partial charge in [-0.2, -0.15) is 0 Å². The monoisotopic (exact) mass is 428 g/mol. The molecule has 1 aliphatic rings. The summed E-state index contributed by atoms with van der Waals surface area (Å²) in [5.41, 5.74) is 1.47. The van der Waals surface area contributed by atoms with Crippen molar-refractivity contribution >= 4 is 11.8 Å². The Labute approximate surface area is 183 Å². The standard InChI is InChI=1S/C24H32N2O5/c1-16(2)11-25-12-21(30-15-19-7-6-8-20(10-19)29-5)13-26(14-23(25)27)24(28)22-9-17(3)31-18(22)4/h6-10,16,21H,11-15H2,1-5H3/t21-/m0/s1. The molecular formula is C24H32N2O5. The van der Waals surface area contributed by atoms with Crippen LogP contribution in [0.25, 0.3) is 0 Å². The first-order valence-electron chi connectivity index (χ1n) is 10.7. The van der Waals surface area contributed by atoms with Crippen molar-refractivity contribution in [1.82, 2.24) is 9.80 Å². The SMILES string of the molecule is COc1cccc(CO[C@H]2CN(CC(C)C)C(=O)CN(C(=O)c3cc(C)oc3C)C2)c1. The lowest BCUT2D eigenvalue weighted by Crippen LogP contribution is -2.40. The van der Waals surface area contributed by atoms with Gasteiger partial charge in [0.15, 0.2) is 0 Å². The molecule has 2 amide bonds. The average molecular weight is 429 g/mol. The fraction of sp³-hybridized carbons (Fsp3) is 0.500. The summed E-state index contributed by atoms with van der Waals surface area (Å²) in [6.45, 7) is 9.55. The van der Waals surface area contributed by atoms with E-state index in [9.17, 15) is 9.59 Å². The van der Waals surface area contributed by atoms with Crippen LogP contribution in [0.3, 0.4) is 0 Å². The fourth-order valence-corrected chi connectivity index (χ4v) is 3.85. The smallest absolute Gasteiger partial charge is 0.257 e. The summed E-state index contributed by atoms with van der Waals surface area (Å²) >= 11 is 0. The first kappa shape index (κ1) is 22.9. The third kappa shape index (κ3) is 5.88. The van der Waals surface area contributed by atoms with E-state index in [-0.39, 0.29) is 24.5 Å². The van der Waals surface area contributed by atoms with Gasteiger partial charge in [0.1, 0.15) is 23.8 Å². The minimum absolute atomic E-state index is 0.0360. The Morgan fingerprint density at radius 2 is 2.00 bits per heavy atom. The van der Waals surface area contributed by atoms with Crippen LogP contribution in [0, 0.1) is 19.8 Å². The van der Waals surface area contributed by atoms with Crippen molar-refractivity contribution in [2.45, 2.75) is 40.4 Å². The number of methoxy groups -OCH3 is 1. The Morgan fingerprint density at radius 3 is 2.65 bits per heavy atom. The lowest BCUT2D eigenvalue weighted by Gasteiger charge is -2.26. The number of carbonyl (C=O) groups excluding carboxylic acids is 2. The summed E-state index contributed by atoms with van der Waals surface area (Å²) in [5.74, 6) is 2.06. The molecule has 31 heavy (non-hydrogen) atoms. The van der Waals surface area contributed by atoms with E-state index in [1.54, 1.807) is 25.0 Å². The van der Waals surface area contributed by atoms with E-state index in [0.29, 0.717) is 49.2 Å². The van der Waals surface area contributed by atoms with Crippen molar-refractivity contribution in [1.29, 1.82) is 0 Å². The van der Waals surface area contributed by atoms with E-state index in [1.807, 2.05) is 36.1 Å². The third-order valence-corrected chi connectivity index (χ3v) is 5.29. The Morgan fingerprint density at radius 1 is 1.23 bits per heavy atom. The molecule has 0 unspecified atom stereocenters. The minimum atomic E-state index is -0.298. The van der Waals surface area contributed by atoms with Crippen LogP contribution in [0.2, 0.25) is 0 Å². The molecule has 2 heterocycles. The zero-order chi connectivity index (χ0) is 22.5. The molecule has 1 aromatic heterocycles. The van der Waals surface area contributed by atoms with Gasteiger partial charge in [0.2, 0.25) is 5.91 Å². The highest BCUT2D eigenvalue weighted by Crippen LogP contribution is 2.20. The molecular weight excluding hydrogens is 396 g/mol. The summed E-state index contributed by atoms with van der Waals surface area (Å²) in [5, 5.41) is 0. The second kappa shape index (κ2) is 10.0. The zero-order valence-corrected chi connectivity index (χ0v) is 19.0. The maximum absolute atomic E-state index is 13.2. The highest BCUT2D eigenvalue weighted by Gasteiger charge is 2.32. The maximum Gasteiger partial charge on any atom is 0.257 e. The Kier molecular flexibility index (Phi) is 7.38. The molecule has 2 aromatic rings. The highest BCUT2D eigenvalue weighted by molar-refractivity contribution is 5.97. The topological polar surface area (TPSA) is 72.2 Å². The van der Waals surface area contributed by atoms with Gasteiger partial charge in [-0.25, -0.2) is 0 Å². The summed E-state index contributed by atoms with van der Waals surface area (Å²) in [6.07, 6.45) is -0.298. The molecule has 3 rings (SSSR count). The van der Waals surface area contributed by atoms with E-state index >= 15 is 0 Å². The number of hydrogen-bond acceptors (Lipinski definition) is 5. The number of amides is 2. The molecule has 7 nitrogen and oxygen atoms in total. The minimum Gasteiger partial charge on any atom is -0.497 e. The Hall–Kier alpha value is -2.80. The van der Waals surface area contributed by atoms with E-state index in [2.05, 4.69) is 13.8 Å². The predicted molar refractivity (Wildman–Crippen MR) is 117 cm³/mol. The highest BCUT2D eigenvalue weighted by atomic mass is 16.5. The molecule has 1 aromatic carbocycles. The molecule has 0 saturated carbocycles. The van der Waals surface area contributed by atoms with Gasteiger partial charge in [-0.15, -0.1) is 0 Å². The lowest BCUT2D eigenvalue weighted by molar-refractivity contribution is -0.132. The Bertz CT molecular complexity index is 920. The molecule has 1 saturated heterocycles. The quantitative estimate of drug-likeness (QED) is 0.676. The average Bonchev–Trinajstić information content (AvgIpc) is 2.99. The lowest BCUT2D eigenvalue weighted by atomic mass is 10.2. The van der Waals surface area contributed by atoms with Gasteiger partial charge in [-0.05, 0) is 43.5 Å². The zero-order valence-electron chi connectivity index (χ0n) is 19.0. The molecule has 0 bridgehead atoms. The molecule has 168 valence electrons. The van der Waals surface area contributed by atoms with Crippen LogP contribution < -0.4 is 4.74 Å². The van der Waals surface area contributed by atoms with Crippen molar-refractivity contribution in [3.05, 3.63) is 53.0 Å².